The first-order chi connectivity index (χ1) is 8.81. The molecule has 2 rings (SSSR count). The maximum atomic E-state index is 12.3. The molecule has 0 aliphatic heterocycles. The maximum Gasteiger partial charge on any atom is 0.266 e. The lowest BCUT2D eigenvalue weighted by atomic mass is 10.3. The monoisotopic (exact) mass is 280 g/mol. The van der Waals surface area contributed by atoms with E-state index in [1.54, 1.807) is 43.9 Å². The molecule has 0 radical (unpaired) electrons. The van der Waals surface area contributed by atoms with Gasteiger partial charge >= 0.3 is 0 Å². The summed E-state index contributed by atoms with van der Waals surface area (Å²) in [6, 6.07) is 3.43. The number of nitrogens with zero attached hydrogens (tertiary/aromatic N) is 3. The number of aromatic nitrogens is 3. The summed E-state index contributed by atoms with van der Waals surface area (Å²) >= 11 is 0. The van der Waals surface area contributed by atoms with Gasteiger partial charge in [0.25, 0.3) is 10.0 Å². The summed E-state index contributed by atoms with van der Waals surface area (Å²) < 4.78 is 28.7. The lowest BCUT2D eigenvalue weighted by Gasteiger charge is -2.07. The molecule has 0 atom stereocenters. The van der Waals surface area contributed by atoms with E-state index in [0.29, 0.717) is 17.2 Å². The molecular formula is C12H16N4O2S. The van der Waals surface area contributed by atoms with Crippen LogP contribution in [0, 0.1) is 20.8 Å². The summed E-state index contributed by atoms with van der Waals surface area (Å²) in [5, 5.41) is 4.11. The molecule has 2 aromatic heterocycles. The Balaban J connectivity index is 2.40. The Labute approximate surface area is 112 Å². The Morgan fingerprint density at radius 1 is 1.21 bits per heavy atom. The molecule has 0 aliphatic carbocycles. The van der Waals surface area contributed by atoms with Crippen LogP contribution in [0.25, 0.3) is 0 Å². The average molecular weight is 280 g/mol. The van der Waals surface area contributed by atoms with Crippen molar-refractivity contribution in [2.75, 3.05) is 4.72 Å². The third-order valence-corrected chi connectivity index (χ3v) is 4.47. The second kappa shape index (κ2) is 4.65. The topological polar surface area (TPSA) is 76.9 Å². The molecule has 1 N–H and O–H groups in total. The smallest absolute Gasteiger partial charge is 0.266 e. The van der Waals surface area contributed by atoms with Crippen LogP contribution in [0.2, 0.25) is 0 Å². The largest absolute Gasteiger partial charge is 0.271 e. The molecule has 0 fully saturated rings. The van der Waals surface area contributed by atoms with Crippen molar-refractivity contribution in [2.24, 2.45) is 7.05 Å². The molecule has 19 heavy (non-hydrogen) atoms. The number of nitrogens with one attached hydrogen (secondary N) is 1. The van der Waals surface area contributed by atoms with Gasteiger partial charge in [0.05, 0.1) is 11.4 Å². The van der Waals surface area contributed by atoms with Crippen LogP contribution in [0.5, 0.6) is 0 Å². The zero-order valence-corrected chi connectivity index (χ0v) is 12.1. The molecule has 0 amide bonds. The van der Waals surface area contributed by atoms with Gasteiger partial charge in [-0.1, -0.05) is 6.07 Å². The van der Waals surface area contributed by atoms with Gasteiger partial charge in [0, 0.05) is 13.2 Å². The van der Waals surface area contributed by atoms with Crippen LogP contribution in [0.3, 0.4) is 0 Å². The van der Waals surface area contributed by atoms with Crippen LogP contribution < -0.4 is 4.72 Å². The molecule has 0 saturated heterocycles. The molecule has 0 unspecified atom stereocenters. The van der Waals surface area contributed by atoms with Crippen LogP contribution in [0.1, 0.15) is 17.0 Å². The molecule has 0 saturated carbocycles. The van der Waals surface area contributed by atoms with Gasteiger partial charge in [-0.05, 0) is 32.4 Å². The van der Waals surface area contributed by atoms with Gasteiger partial charge < -0.3 is 0 Å². The first kappa shape index (κ1) is 13.5. The van der Waals surface area contributed by atoms with Crippen molar-refractivity contribution < 1.29 is 8.42 Å². The lowest BCUT2D eigenvalue weighted by molar-refractivity contribution is 0.599. The number of anilines is 1. The molecule has 0 spiro atoms. The SMILES string of the molecule is Cc1ccc(NS(=O)(=O)c2c(C)nn(C)c2C)nc1. The molecule has 102 valence electrons. The number of hydrogen-bond acceptors (Lipinski definition) is 4. The van der Waals surface area contributed by atoms with Gasteiger partial charge in [-0.15, -0.1) is 0 Å². The fourth-order valence-electron chi connectivity index (χ4n) is 1.86. The summed E-state index contributed by atoms with van der Waals surface area (Å²) in [4.78, 5) is 4.24. The predicted octanol–water partition coefficient (Wildman–Crippen LogP) is 1.54. The zero-order valence-electron chi connectivity index (χ0n) is 11.3. The van der Waals surface area contributed by atoms with E-state index in [9.17, 15) is 8.42 Å². The van der Waals surface area contributed by atoms with Crippen LogP contribution in [-0.2, 0) is 17.1 Å². The quantitative estimate of drug-likeness (QED) is 0.925. The highest BCUT2D eigenvalue weighted by Gasteiger charge is 2.24. The van der Waals surface area contributed by atoms with Crippen molar-refractivity contribution in [3.8, 4) is 0 Å². The highest BCUT2D eigenvalue weighted by molar-refractivity contribution is 7.92. The van der Waals surface area contributed by atoms with E-state index >= 15 is 0 Å². The third-order valence-electron chi connectivity index (χ3n) is 2.86. The average Bonchev–Trinajstić information content (AvgIpc) is 2.56. The number of sulfonamides is 1. The molecule has 2 heterocycles. The van der Waals surface area contributed by atoms with Gasteiger partial charge in [0.1, 0.15) is 10.7 Å². The summed E-state index contributed by atoms with van der Waals surface area (Å²) in [5.41, 5.74) is 2.04. The summed E-state index contributed by atoms with van der Waals surface area (Å²) in [6.07, 6.45) is 1.61. The third kappa shape index (κ3) is 2.60. The van der Waals surface area contributed by atoms with Crippen LogP contribution in [0.4, 0.5) is 5.82 Å². The maximum absolute atomic E-state index is 12.3. The van der Waals surface area contributed by atoms with Gasteiger partial charge in [-0.3, -0.25) is 9.40 Å². The molecule has 6 nitrogen and oxygen atoms in total. The lowest BCUT2D eigenvalue weighted by Crippen LogP contribution is -2.15. The van der Waals surface area contributed by atoms with Gasteiger partial charge in [0.15, 0.2) is 0 Å². The number of rotatable bonds is 3. The van der Waals surface area contributed by atoms with Crippen molar-refractivity contribution in [3.05, 3.63) is 35.3 Å². The predicted molar refractivity (Wildman–Crippen MR) is 72.5 cm³/mol. The molecule has 2 aromatic rings. The minimum atomic E-state index is -3.66. The standard InChI is InChI=1S/C12H16N4O2S/c1-8-5-6-11(13-7-8)15-19(17,18)12-9(2)14-16(4)10(12)3/h5-7H,1-4H3,(H,13,15). The fraction of sp³-hybridized carbons (Fsp3) is 0.333. The Kier molecular flexibility index (Phi) is 3.32. The van der Waals surface area contributed by atoms with Crippen LogP contribution in [-0.4, -0.2) is 23.2 Å². The minimum Gasteiger partial charge on any atom is -0.271 e. The van der Waals surface area contributed by atoms with E-state index in [2.05, 4.69) is 14.8 Å². The van der Waals surface area contributed by atoms with Crippen LogP contribution in [0.15, 0.2) is 23.2 Å². The molecule has 0 aromatic carbocycles. The van der Waals surface area contributed by atoms with E-state index in [0.717, 1.165) is 5.56 Å². The number of aryl methyl sites for hydroxylation is 3. The zero-order chi connectivity index (χ0) is 14.2. The Hall–Kier alpha value is -1.89. The van der Waals surface area contributed by atoms with Crippen molar-refractivity contribution in [2.45, 2.75) is 25.7 Å². The van der Waals surface area contributed by atoms with Crippen molar-refractivity contribution >= 4 is 15.8 Å². The van der Waals surface area contributed by atoms with Gasteiger partial charge in [-0.2, -0.15) is 5.10 Å². The van der Waals surface area contributed by atoms with Gasteiger partial charge in [0.2, 0.25) is 0 Å². The summed E-state index contributed by atoms with van der Waals surface area (Å²) in [6.45, 7) is 5.28. The molecule has 0 aliphatic rings. The highest BCUT2D eigenvalue weighted by atomic mass is 32.2. The minimum absolute atomic E-state index is 0.206. The number of hydrogen-bond donors (Lipinski definition) is 1. The Bertz CT molecular complexity index is 702. The second-order valence-corrected chi connectivity index (χ2v) is 6.07. The Morgan fingerprint density at radius 2 is 1.89 bits per heavy atom. The van der Waals surface area contributed by atoms with Crippen molar-refractivity contribution in [1.29, 1.82) is 0 Å². The van der Waals surface area contributed by atoms with Crippen LogP contribution >= 0.6 is 0 Å². The second-order valence-electron chi connectivity index (χ2n) is 4.45. The summed E-state index contributed by atoms with van der Waals surface area (Å²) in [5.74, 6) is 0.299. The fourth-order valence-corrected chi connectivity index (χ4v) is 3.31. The number of pyridine rings is 1. The van der Waals surface area contributed by atoms with E-state index < -0.39 is 10.0 Å². The first-order valence-corrected chi connectivity index (χ1v) is 7.25. The van der Waals surface area contributed by atoms with E-state index in [1.807, 2.05) is 6.92 Å². The van der Waals surface area contributed by atoms with E-state index in [1.165, 1.54) is 0 Å². The van der Waals surface area contributed by atoms with Crippen molar-refractivity contribution in [1.82, 2.24) is 14.8 Å². The molecule has 7 heteroatoms. The normalized spacial score (nSPS) is 11.6. The summed E-state index contributed by atoms with van der Waals surface area (Å²) in [7, 11) is -1.95. The first-order valence-electron chi connectivity index (χ1n) is 5.77. The van der Waals surface area contributed by atoms with E-state index in [-0.39, 0.29) is 4.90 Å². The molecule has 0 bridgehead atoms. The highest BCUT2D eigenvalue weighted by Crippen LogP contribution is 2.21. The van der Waals surface area contributed by atoms with E-state index in [4.69, 9.17) is 0 Å². The van der Waals surface area contributed by atoms with Crippen molar-refractivity contribution in [3.63, 3.8) is 0 Å². The Morgan fingerprint density at radius 3 is 2.37 bits per heavy atom. The molecular weight excluding hydrogens is 264 g/mol. The van der Waals surface area contributed by atoms with Gasteiger partial charge in [-0.25, -0.2) is 13.4 Å².